The van der Waals surface area contributed by atoms with Crippen LogP contribution in [0.2, 0.25) is 0 Å². The van der Waals surface area contributed by atoms with Crippen molar-refractivity contribution in [1.29, 1.82) is 0 Å². The lowest BCUT2D eigenvalue weighted by Gasteiger charge is -2.34. The zero-order valence-electron chi connectivity index (χ0n) is 12.8. The minimum Gasteiger partial charge on any atom is -0.379 e. The summed E-state index contributed by atoms with van der Waals surface area (Å²) >= 11 is 0. The van der Waals surface area contributed by atoms with E-state index >= 15 is 0 Å². The summed E-state index contributed by atoms with van der Waals surface area (Å²) in [6.07, 6.45) is 4.16. The predicted molar refractivity (Wildman–Crippen MR) is 82.3 cm³/mol. The molecule has 1 unspecified atom stereocenters. The van der Waals surface area contributed by atoms with Gasteiger partial charge in [0.2, 0.25) is 0 Å². The van der Waals surface area contributed by atoms with Crippen LogP contribution in [0, 0.1) is 0 Å². The molecule has 2 heterocycles. The highest BCUT2D eigenvalue weighted by atomic mass is 16.5. The fraction of sp³-hybridized carbons (Fsp3) is 0.733. The van der Waals surface area contributed by atoms with Crippen molar-refractivity contribution in [3.63, 3.8) is 0 Å². The van der Waals surface area contributed by atoms with Crippen LogP contribution in [0.5, 0.6) is 0 Å². The number of rotatable bonds is 6. The minimum absolute atomic E-state index is 0.0282. The van der Waals surface area contributed by atoms with E-state index < -0.39 is 0 Å². The number of nitrogens with zero attached hydrogens (tertiary/aromatic N) is 2. The number of ether oxygens (including phenoxy) is 1. The maximum Gasteiger partial charge on any atom is 0.133 e. The molecule has 1 atom stereocenters. The largest absolute Gasteiger partial charge is 0.379 e. The summed E-state index contributed by atoms with van der Waals surface area (Å²) in [5.41, 5.74) is -0.0282. The Bertz CT molecular complexity index is 406. The van der Waals surface area contributed by atoms with Gasteiger partial charge in [0, 0.05) is 25.6 Å². The molecule has 0 aliphatic carbocycles. The third kappa shape index (κ3) is 4.07. The van der Waals surface area contributed by atoms with E-state index in [0.717, 1.165) is 62.9 Å². The molecule has 0 radical (unpaired) electrons. The second-order valence-corrected chi connectivity index (χ2v) is 5.68. The molecule has 5 nitrogen and oxygen atoms in total. The molecule has 0 amide bonds. The maximum atomic E-state index is 5.59. The SMILES string of the molecule is CCCc1nc(NCC)cc(NC2(C)CCCOC2)n1. The maximum absolute atomic E-state index is 5.59. The topological polar surface area (TPSA) is 59.1 Å². The van der Waals surface area contributed by atoms with Crippen molar-refractivity contribution >= 4 is 11.6 Å². The third-order valence-corrected chi connectivity index (χ3v) is 3.47. The van der Waals surface area contributed by atoms with Crippen LogP contribution in [0.15, 0.2) is 6.07 Å². The number of aryl methyl sites for hydroxylation is 1. The molecule has 2 N–H and O–H groups in total. The van der Waals surface area contributed by atoms with E-state index in [9.17, 15) is 0 Å². The molecule has 0 saturated carbocycles. The van der Waals surface area contributed by atoms with Crippen LogP contribution in [-0.2, 0) is 11.2 Å². The predicted octanol–water partition coefficient (Wildman–Crippen LogP) is 2.84. The summed E-state index contributed by atoms with van der Waals surface area (Å²) < 4.78 is 5.59. The van der Waals surface area contributed by atoms with Crippen molar-refractivity contribution in [3.05, 3.63) is 11.9 Å². The summed E-state index contributed by atoms with van der Waals surface area (Å²) in [6.45, 7) is 8.88. The van der Waals surface area contributed by atoms with Gasteiger partial charge < -0.3 is 15.4 Å². The van der Waals surface area contributed by atoms with E-state index in [2.05, 4.69) is 41.4 Å². The molecule has 5 heteroatoms. The number of anilines is 2. The Kier molecular flexibility index (Phi) is 5.17. The third-order valence-electron chi connectivity index (χ3n) is 3.47. The molecule has 1 aliphatic rings. The van der Waals surface area contributed by atoms with E-state index in [1.165, 1.54) is 0 Å². The standard InChI is InChI=1S/C15H26N4O/c1-4-7-12-17-13(16-5-2)10-14(18-12)19-15(3)8-6-9-20-11-15/h10H,4-9,11H2,1-3H3,(H2,16,17,18,19). The van der Waals surface area contributed by atoms with Gasteiger partial charge in [0.05, 0.1) is 12.1 Å². The summed E-state index contributed by atoms with van der Waals surface area (Å²) in [5.74, 6) is 2.69. The van der Waals surface area contributed by atoms with Crippen molar-refractivity contribution < 1.29 is 4.74 Å². The Hall–Kier alpha value is -1.36. The zero-order chi connectivity index (χ0) is 14.4. The summed E-state index contributed by atoms with van der Waals surface area (Å²) in [4.78, 5) is 9.16. The quantitative estimate of drug-likeness (QED) is 0.838. The van der Waals surface area contributed by atoms with E-state index in [4.69, 9.17) is 4.74 Å². The smallest absolute Gasteiger partial charge is 0.133 e. The molecule has 112 valence electrons. The lowest BCUT2D eigenvalue weighted by molar-refractivity contribution is 0.0539. The molecule has 1 aromatic rings. The Balaban J connectivity index is 2.16. The van der Waals surface area contributed by atoms with Crippen LogP contribution in [0.4, 0.5) is 11.6 Å². The molecule has 1 fully saturated rings. The van der Waals surface area contributed by atoms with Gasteiger partial charge in [0.15, 0.2) is 0 Å². The molecule has 0 spiro atoms. The number of hydrogen-bond donors (Lipinski definition) is 2. The van der Waals surface area contributed by atoms with Crippen molar-refractivity contribution in [2.45, 2.75) is 52.0 Å². The normalized spacial score (nSPS) is 22.6. The Labute approximate surface area is 121 Å². The number of nitrogens with one attached hydrogen (secondary N) is 2. The van der Waals surface area contributed by atoms with Crippen LogP contribution >= 0.6 is 0 Å². The fourth-order valence-electron chi connectivity index (χ4n) is 2.51. The van der Waals surface area contributed by atoms with E-state index in [1.54, 1.807) is 0 Å². The molecule has 1 aliphatic heterocycles. The molecule has 20 heavy (non-hydrogen) atoms. The van der Waals surface area contributed by atoms with E-state index in [-0.39, 0.29) is 5.54 Å². The average molecular weight is 278 g/mol. The van der Waals surface area contributed by atoms with Crippen LogP contribution in [-0.4, -0.2) is 35.3 Å². The molecule has 2 rings (SSSR count). The number of hydrogen-bond acceptors (Lipinski definition) is 5. The fourth-order valence-corrected chi connectivity index (χ4v) is 2.51. The van der Waals surface area contributed by atoms with E-state index in [1.807, 2.05) is 6.07 Å². The second kappa shape index (κ2) is 6.88. The molecule has 0 aromatic carbocycles. The summed E-state index contributed by atoms with van der Waals surface area (Å²) in [6, 6.07) is 1.99. The highest BCUT2D eigenvalue weighted by molar-refractivity contribution is 5.49. The monoisotopic (exact) mass is 278 g/mol. The van der Waals surface area contributed by atoms with Crippen LogP contribution < -0.4 is 10.6 Å². The Morgan fingerprint density at radius 3 is 2.75 bits per heavy atom. The van der Waals surface area contributed by atoms with Gasteiger partial charge in [0.25, 0.3) is 0 Å². The van der Waals surface area contributed by atoms with Gasteiger partial charge in [-0.2, -0.15) is 0 Å². The van der Waals surface area contributed by atoms with Crippen LogP contribution in [0.1, 0.15) is 45.9 Å². The molecular weight excluding hydrogens is 252 g/mol. The number of aromatic nitrogens is 2. The van der Waals surface area contributed by atoms with Crippen molar-refractivity contribution in [1.82, 2.24) is 9.97 Å². The van der Waals surface area contributed by atoms with Crippen LogP contribution in [0.25, 0.3) is 0 Å². The second-order valence-electron chi connectivity index (χ2n) is 5.68. The average Bonchev–Trinajstić information content (AvgIpc) is 2.39. The first-order valence-electron chi connectivity index (χ1n) is 7.63. The highest BCUT2D eigenvalue weighted by Gasteiger charge is 2.28. The lowest BCUT2D eigenvalue weighted by atomic mass is 9.95. The van der Waals surface area contributed by atoms with Gasteiger partial charge in [-0.1, -0.05) is 6.92 Å². The van der Waals surface area contributed by atoms with Gasteiger partial charge in [-0.3, -0.25) is 0 Å². The van der Waals surface area contributed by atoms with Gasteiger partial charge in [-0.05, 0) is 33.1 Å². The van der Waals surface area contributed by atoms with Gasteiger partial charge in [-0.25, -0.2) is 9.97 Å². The van der Waals surface area contributed by atoms with Gasteiger partial charge in [0.1, 0.15) is 17.5 Å². The molecule has 0 bridgehead atoms. The molecule has 1 aromatic heterocycles. The first-order valence-corrected chi connectivity index (χ1v) is 7.63. The van der Waals surface area contributed by atoms with Crippen molar-refractivity contribution in [2.75, 3.05) is 30.4 Å². The van der Waals surface area contributed by atoms with Gasteiger partial charge >= 0.3 is 0 Å². The Morgan fingerprint density at radius 2 is 2.10 bits per heavy atom. The van der Waals surface area contributed by atoms with Crippen LogP contribution in [0.3, 0.4) is 0 Å². The lowest BCUT2D eigenvalue weighted by Crippen LogP contribution is -2.43. The van der Waals surface area contributed by atoms with Gasteiger partial charge in [-0.15, -0.1) is 0 Å². The summed E-state index contributed by atoms with van der Waals surface area (Å²) in [7, 11) is 0. The Morgan fingerprint density at radius 1 is 1.30 bits per heavy atom. The molecular formula is C15H26N4O. The summed E-state index contributed by atoms with van der Waals surface area (Å²) in [5, 5.41) is 6.81. The minimum atomic E-state index is -0.0282. The van der Waals surface area contributed by atoms with Crippen molar-refractivity contribution in [3.8, 4) is 0 Å². The van der Waals surface area contributed by atoms with E-state index in [0.29, 0.717) is 0 Å². The van der Waals surface area contributed by atoms with Crippen molar-refractivity contribution in [2.24, 2.45) is 0 Å². The first-order chi connectivity index (χ1) is 9.65. The highest BCUT2D eigenvalue weighted by Crippen LogP contribution is 2.24. The zero-order valence-corrected chi connectivity index (χ0v) is 12.8. The first kappa shape index (κ1) is 15.0. The molecule has 1 saturated heterocycles.